The van der Waals surface area contributed by atoms with Gasteiger partial charge in [-0.3, -0.25) is 9.88 Å². The van der Waals surface area contributed by atoms with E-state index in [1.807, 2.05) is 6.92 Å². The Morgan fingerprint density at radius 3 is 3.00 bits per heavy atom. The highest BCUT2D eigenvalue weighted by atomic mass is 15.2. The van der Waals surface area contributed by atoms with E-state index in [1.165, 1.54) is 44.3 Å². The molecule has 1 fully saturated rings. The molecule has 0 radical (unpaired) electrons. The third-order valence-corrected chi connectivity index (χ3v) is 3.48. The molecular weight excluding hydrogens is 196 g/mol. The second-order valence-electron chi connectivity index (χ2n) is 4.78. The number of aromatic nitrogens is 1. The van der Waals surface area contributed by atoms with E-state index in [0.29, 0.717) is 6.04 Å². The third kappa shape index (κ3) is 2.62. The minimum atomic E-state index is 0.625. The van der Waals surface area contributed by atoms with Crippen LogP contribution in [-0.4, -0.2) is 23.0 Å². The number of nitrogens with zero attached hydrogens (tertiary/aromatic N) is 2. The molecule has 0 spiro atoms. The van der Waals surface area contributed by atoms with Gasteiger partial charge < -0.3 is 0 Å². The summed E-state index contributed by atoms with van der Waals surface area (Å²) >= 11 is 0. The molecule has 1 unspecified atom stereocenters. The van der Waals surface area contributed by atoms with Crippen molar-refractivity contribution in [1.29, 1.82) is 0 Å². The second-order valence-corrected chi connectivity index (χ2v) is 4.78. The van der Waals surface area contributed by atoms with E-state index >= 15 is 0 Å². The van der Waals surface area contributed by atoms with Gasteiger partial charge in [-0.05, 0) is 50.9 Å². The molecule has 1 saturated heterocycles. The Labute approximate surface area is 98.7 Å². The van der Waals surface area contributed by atoms with Crippen LogP contribution in [0.2, 0.25) is 0 Å². The highest BCUT2D eigenvalue weighted by molar-refractivity contribution is 5.18. The third-order valence-electron chi connectivity index (χ3n) is 3.48. The first kappa shape index (κ1) is 11.6. The topological polar surface area (TPSA) is 16.1 Å². The molecule has 0 amide bonds. The molecule has 1 aliphatic rings. The first-order valence-corrected chi connectivity index (χ1v) is 6.48. The zero-order chi connectivity index (χ0) is 11.4. The summed E-state index contributed by atoms with van der Waals surface area (Å²) in [5.74, 6) is 0. The summed E-state index contributed by atoms with van der Waals surface area (Å²) in [5, 5.41) is 0. The minimum Gasteiger partial charge on any atom is -0.296 e. The molecule has 0 aromatic carbocycles. The highest BCUT2D eigenvalue weighted by Crippen LogP contribution is 2.31. The largest absolute Gasteiger partial charge is 0.296 e. The molecule has 1 aliphatic heterocycles. The maximum Gasteiger partial charge on any atom is 0.0372 e. The molecule has 16 heavy (non-hydrogen) atoms. The van der Waals surface area contributed by atoms with E-state index in [0.717, 1.165) is 5.69 Å². The SMILES string of the molecule is CCCCN1CCCC1c1ccc(C)nc1. The molecule has 2 nitrogen and oxygen atoms in total. The highest BCUT2D eigenvalue weighted by Gasteiger charge is 2.25. The quantitative estimate of drug-likeness (QED) is 0.770. The molecule has 0 bridgehead atoms. The van der Waals surface area contributed by atoms with E-state index in [-0.39, 0.29) is 0 Å². The van der Waals surface area contributed by atoms with Crippen molar-refractivity contribution in [1.82, 2.24) is 9.88 Å². The lowest BCUT2D eigenvalue weighted by Gasteiger charge is -2.24. The molecule has 0 saturated carbocycles. The normalized spacial score (nSPS) is 21.5. The molecule has 1 atom stereocenters. The number of hydrogen-bond donors (Lipinski definition) is 0. The van der Waals surface area contributed by atoms with Crippen molar-refractivity contribution in [2.45, 2.75) is 45.6 Å². The number of unbranched alkanes of at least 4 members (excludes halogenated alkanes) is 1. The van der Waals surface area contributed by atoms with E-state index < -0.39 is 0 Å². The fourth-order valence-electron chi connectivity index (χ4n) is 2.51. The van der Waals surface area contributed by atoms with Crippen LogP contribution in [0.1, 0.15) is 49.9 Å². The average Bonchev–Trinajstić information content (AvgIpc) is 2.75. The molecule has 0 N–H and O–H groups in total. The number of pyridine rings is 1. The summed E-state index contributed by atoms with van der Waals surface area (Å²) in [7, 11) is 0. The van der Waals surface area contributed by atoms with Crippen molar-refractivity contribution >= 4 is 0 Å². The molecule has 2 rings (SSSR count). The van der Waals surface area contributed by atoms with Crippen molar-refractivity contribution in [2.75, 3.05) is 13.1 Å². The van der Waals surface area contributed by atoms with Crippen LogP contribution in [0.15, 0.2) is 18.3 Å². The van der Waals surface area contributed by atoms with Gasteiger partial charge in [0.2, 0.25) is 0 Å². The summed E-state index contributed by atoms with van der Waals surface area (Å²) in [6.07, 6.45) is 7.30. The van der Waals surface area contributed by atoms with E-state index in [4.69, 9.17) is 0 Å². The van der Waals surface area contributed by atoms with Gasteiger partial charge in [-0.15, -0.1) is 0 Å². The number of rotatable bonds is 4. The number of hydrogen-bond acceptors (Lipinski definition) is 2. The Balaban J connectivity index is 2.04. The van der Waals surface area contributed by atoms with Gasteiger partial charge >= 0.3 is 0 Å². The number of likely N-dealkylation sites (tertiary alicyclic amines) is 1. The van der Waals surface area contributed by atoms with Crippen molar-refractivity contribution in [3.8, 4) is 0 Å². The number of aryl methyl sites for hydroxylation is 1. The van der Waals surface area contributed by atoms with Gasteiger partial charge in [0, 0.05) is 17.9 Å². The van der Waals surface area contributed by atoms with Gasteiger partial charge in [0.25, 0.3) is 0 Å². The Kier molecular flexibility index (Phi) is 3.94. The Hall–Kier alpha value is -0.890. The molecular formula is C14H22N2. The Bertz CT molecular complexity index is 318. The van der Waals surface area contributed by atoms with Crippen molar-refractivity contribution in [3.63, 3.8) is 0 Å². The summed E-state index contributed by atoms with van der Waals surface area (Å²) in [5.41, 5.74) is 2.51. The van der Waals surface area contributed by atoms with Crippen LogP contribution in [0.4, 0.5) is 0 Å². The molecule has 1 aromatic rings. The minimum absolute atomic E-state index is 0.625. The molecule has 2 heterocycles. The lowest BCUT2D eigenvalue weighted by atomic mass is 10.1. The second kappa shape index (κ2) is 5.44. The first-order valence-electron chi connectivity index (χ1n) is 6.48. The van der Waals surface area contributed by atoms with Crippen molar-refractivity contribution in [2.24, 2.45) is 0 Å². The van der Waals surface area contributed by atoms with Crippen LogP contribution in [-0.2, 0) is 0 Å². The fraction of sp³-hybridized carbons (Fsp3) is 0.643. The Morgan fingerprint density at radius 2 is 2.31 bits per heavy atom. The summed E-state index contributed by atoms with van der Waals surface area (Å²) in [6, 6.07) is 5.00. The van der Waals surface area contributed by atoms with E-state index in [2.05, 4.69) is 35.1 Å². The zero-order valence-corrected chi connectivity index (χ0v) is 10.4. The summed E-state index contributed by atoms with van der Waals surface area (Å²) in [6.45, 7) is 6.82. The van der Waals surface area contributed by atoms with Gasteiger partial charge in [-0.2, -0.15) is 0 Å². The summed E-state index contributed by atoms with van der Waals surface area (Å²) in [4.78, 5) is 7.03. The maximum absolute atomic E-state index is 4.41. The lowest BCUT2D eigenvalue weighted by Crippen LogP contribution is -2.24. The predicted molar refractivity (Wildman–Crippen MR) is 67.4 cm³/mol. The smallest absolute Gasteiger partial charge is 0.0372 e. The van der Waals surface area contributed by atoms with Gasteiger partial charge in [0.05, 0.1) is 0 Å². The van der Waals surface area contributed by atoms with Crippen LogP contribution in [0.25, 0.3) is 0 Å². The molecule has 1 aromatic heterocycles. The summed E-state index contributed by atoms with van der Waals surface area (Å²) < 4.78 is 0. The van der Waals surface area contributed by atoms with Crippen LogP contribution >= 0.6 is 0 Å². The molecule has 0 aliphatic carbocycles. The fourth-order valence-corrected chi connectivity index (χ4v) is 2.51. The van der Waals surface area contributed by atoms with Gasteiger partial charge in [-0.25, -0.2) is 0 Å². The van der Waals surface area contributed by atoms with Gasteiger partial charge in [-0.1, -0.05) is 19.4 Å². The van der Waals surface area contributed by atoms with Crippen LogP contribution in [0.3, 0.4) is 0 Å². The standard InChI is InChI=1S/C14H22N2/c1-3-4-9-16-10-5-6-14(16)13-8-7-12(2)15-11-13/h7-8,11,14H,3-6,9-10H2,1-2H3. The van der Waals surface area contributed by atoms with Gasteiger partial charge in [0.1, 0.15) is 0 Å². The molecule has 88 valence electrons. The van der Waals surface area contributed by atoms with Crippen molar-refractivity contribution in [3.05, 3.63) is 29.6 Å². The monoisotopic (exact) mass is 218 g/mol. The van der Waals surface area contributed by atoms with Crippen molar-refractivity contribution < 1.29 is 0 Å². The lowest BCUT2D eigenvalue weighted by molar-refractivity contribution is 0.253. The molecule has 2 heteroatoms. The first-order chi connectivity index (χ1) is 7.81. The van der Waals surface area contributed by atoms with E-state index in [1.54, 1.807) is 0 Å². The zero-order valence-electron chi connectivity index (χ0n) is 10.4. The van der Waals surface area contributed by atoms with Crippen LogP contribution in [0.5, 0.6) is 0 Å². The van der Waals surface area contributed by atoms with Crippen LogP contribution < -0.4 is 0 Å². The predicted octanol–water partition coefficient (Wildman–Crippen LogP) is 3.33. The average molecular weight is 218 g/mol. The van der Waals surface area contributed by atoms with Crippen LogP contribution in [0, 0.1) is 6.92 Å². The maximum atomic E-state index is 4.41. The Morgan fingerprint density at radius 1 is 1.44 bits per heavy atom. The van der Waals surface area contributed by atoms with E-state index in [9.17, 15) is 0 Å². The van der Waals surface area contributed by atoms with Gasteiger partial charge in [0.15, 0.2) is 0 Å².